The molecule has 4 aliphatic rings. The van der Waals surface area contributed by atoms with Gasteiger partial charge in [-0.05, 0) is 105 Å². The number of phenols is 1. The van der Waals surface area contributed by atoms with Crippen LogP contribution in [0, 0.1) is 36.0 Å². The summed E-state index contributed by atoms with van der Waals surface area (Å²) in [5, 5.41) is 18.3. The predicted molar refractivity (Wildman–Crippen MR) is 236 cm³/mol. The number of benzene rings is 4. The Labute approximate surface area is 366 Å². The van der Waals surface area contributed by atoms with Gasteiger partial charge in [0.05, 0.1) is 33.7 Å². The van der Waals surface area contributed by atoms with Gasteiger partial charge in [0, 0.05) is 45.9 Å². The first-order chi connectivity index (χ1) is 29.8. The highest BCUT2D eigenvalue weighted by atomic mass is 35.5. The fourth-order valence-electron chi connectivity index (χ4n) is 10.5. The zero-order valence-corrected chi connectivity index (χ0v) is 35.9. The molecule has 11 nitrogen and oxygen atoms in total. The molecule has 0 radical (unpaired) electrons. The molecule has 10 rings (SSSR count). The largest absolute Gasteiger partial charge is 0.508 e. The molecule has 62 heavy (non-hydrogen) atoms. The van der Waals surface area contributed by atoms with E-state index in [1.807, 2.05) is 61.5 Å². The number of carbonyl (C=O) groups is 5. The Hall–Kier alpha value is -6.37. The number of fused-ring (bicyclic) bond motifs is 5. The van der Waals surface area contributed by atoms with Crippen LogP contribution in [0.1, 0.15) is 59.7 Å². The highest BCUT2D eigenvalue weighted by Crippen LogP contribution is 2.64. The summed E-state index contributed by atoms with van der Waals surface area (Å²) in [4.78, 5) is 74.5. The molecule has 6 aromatic rings. The Kier molecular flexibility index (Phi) is 9.38. The van der Waals surface area contributed by atoms with Crippen molar-refractivity contribution in [1.82, 2.24) is 9.78 Å². The number of nitrogens with zero attached hydrogens (tertiary/aromatic N) is 4. The molecule has 312 valence electrons. The van der Waals surface area contributed by atoms with Crippen molar-refractivity contribution < 1.29 is 33.8 Å². The molecule has 1 N–H and O–H groups in total. The number of rotatable bonds is 8. The van der Waals surface area contributed by atoms with E-state index in [2.05, 4.69) is 0 Å². The highest BCUT2D eigenvalue weighted by Gasteiger charge is 2.68. The number of allylic oxidation sites excluding steroid dienone is 2. The lowest BCUT2D eigenvalue weighted by Crippen LogP contribution is -2.49. The zero-order valence-electron chi connectivity index (χ0n) is 34.3. The summed E-state index contributed by atoms with van der Waals surface area (Å²) in [5.74, 6) is -5.05. The normalized spacial score (nSPS) is 24.3. The molecule has 4 aromatic carbocycles. The minimum Gasteiger partial charge on any atom is -0.508 e. The Bertz CT molecular complexity index is 2940. The first-order valence-electron chi connectivity index (χ1n) is 20.6. The van der Waals surface area contributed by atoms with E-state index in [0.29, 0.717) is 39.1 Å². The molecule has 4 amide bonds. The van der Waals surface area contributed by atoms with Gasteiger partial charge in [-0.1, -0.05) is 59.6 Å². The number of aryl methyl sites for hydroxylation is 2. The summed E-state index contributed by atoms with van der Waals surface area (Å²) in [6, 6.07) is 28.5. The van der Waals surface area contributed by atoms with Gasteiger partial charge in [0.2, 0.25) is 23.6 Å². The van der Waals surface area contributed by atoms with Gasteiger partial charge in [-0.15, -0.1) is 11.3 Å². The van der Waals surface area contributed by atoms with Crippen LogP contribution in [0.3, 0.4) is 0 Å². The summed E-state index contributed by atoms with van der Waals surface area (Å²) < 4.78 is 8.64. The van der Waals surface area contributed by atoms with Crippen LogP contribution in [0.15, 0.2) is 109 Å². The number of aromatic hydroxyl groups is 1. The molecule has 2 aliphatic carbocycles. The number of hydrogen-bond donors (Lipinski definition) is 1. The van der Waals surface area contributed by atoms with E-state index >= 15 is 9.59 Å². The molecule has 6 atom stereocenters. The smallest absolute Gasteiger partial charge is 0.242 e. The average Bonchev–Trinajstić information content (AvgIpc) is 3.93. The molecule has 0 spiro atoms. The average molecular weight is 865 g/mol. The number of ether oxygens (including phenoxy) is 1. The lowest BCUT2D eigenvalue weighted by atomic mass is 9.51. The second kappa shape index (κ2) is 14.6. The second-order valence-corrected chi connectivity index (χ2v) is 18.5. The molecule has 2 aromatic heterocycles. The second-order valence-electron chi connectivity index (χ2n) is 17.0. The van der Waals surface area contributed by atoms with Crippen molar-refractivity contribution in [3.8, 4) is 22.1 Å². The molecule has 4 heterocycles. The molecule has 1 saturated carbocycles. The third-order valence-corrected chi connectivity index (χ3v) is 15.1. The number of carbonyl (C=O) groups excluding carboxylic acids is 5. The van der Waals surface area contributed by atoms with Crippen LogP contribution in [0.25, 0.3) is 20.7 Å². The van der Waals surface area contributed by atoms with Gasteiger partial charge in [0.1, 0.15) is 29.6 Å². The molecule has 0 bridgehead atoms. The van der Waals surface area contributed by atoms with E-state index in [4.69, 9.17) is 21.4 Å². The predicted octanol–water partition coefficient (Wildman–Crippen LogP) is 9.19. The third-order valence-electron chi connectivity index (χ3n) is 13.6. The number of Topliss-reactive ketones (excluding diaryl/α,β-unsaturated/α-hetero) is 1. The number of anilines is 2. The van der Waals surface area contributed by atoms with Crippen LogP contribution in [-0.4, -0.2) is 44.3 Å². The van der Waals surface area contributed by atoms with Gasteiger partial charge in [0.25, 0.3) is 0 Å². The van der Waals surface area contributed by atoms with Gasteiger partial charge in [-0.3, -0.25) is 33.6 Å². The number of amides is 4. The minimum absolute atomic E-state index is 0.118. The van der Waals surface area contributed by atoms with Crippen molar-refractivity contribution in [1.29, 1.82) is 0 Å². The van der Waals surface area contributed by atoms with E-state index in [1.54, 1.807) is 72.5 Å². The maximum Gasteiger partial charge on any atom is 0.242 e. The maximum atomic E-state index is 15.3. The number of phenolic OH excluding ortho intramolecular Hbond substituents is 1. The van der Waals surface area contributed by atoms with Gasteiger partial charge in [-0.25, -0.2) is 4.90 Å². The van der Waals surface area contributed by atoms with Gasteiger partial charge >= 0.3 is 0 Å². The van der Waals surface area contributed by atoms with E-state index in [-0.39, 0.29) is 36.9 Å². The number of halogens is 1. The number of hydrogen-bond acceptors (Lipinski definition) is 9. The Morgan fingerprint density at radius 2 is 1.68 bits per heavy atom. The van der Waals surface area contributed by atoms with Gasteiger partial charge in [0.15, 0.2) is 5.78 Å². The summed E-state index contributed by atoms with van der Waals surface area (Å²) in [6.07, 6.45) is 2.32. The molecule has 3 fully saturated rings. The standard InChI is InChI=1S/C49H41ClN4O7S/c1-25-35-20-29(50)12-19-40(35)62-44(25)38-23-41(52(4)51-38)54-46(58)37-22-36-32(17-18-34-42(36)47(59)53(45(34)57)30-13-10-28(11-14-30)26(2)55)43(49(37,3)48(54)60)33-16-15-31(21-39(33)56)61-24-27-8-6-5-7-9-27/h5-17,19-21,23,34,36-37,42-43,56H,18,22,24H2,1-4H3/t34-,36+,37-,42-,43+,49+/m0/s1. The lowest BCUT2D eigenvalue weighted by Gasteiger charge is -2.49. The van der Waals surface area contributed by atoms with Crippen molar-refractivity contribution >= 4 is 73.9 Å². The molecule has 13 heteroatoms. The van der Waals surface area contributed by atoms with Crippen LogP contribution >= 0.6 is 22.9 Å². The monoisotopic (exact) mass is 864 g/mol. The molecular formula is C49H41ClN4O7S. The Morgan fingerprint density at radius 1 is 0.919 bits per heavy atom. The third kappa shape index (κ3) is 5.98. The number of aromatic nitrogens is 2. The topological polar surface area (TPSA) is 139 Å². The van der Waals surface area contributed by atoms with Gasteiger partial charge < -0.3 is 9.84 Å². The SMILES string of the molecule is CC(=O)c1ccc(N2C(=O)[C@H]3[C@H](CC=C4[C@H]3C[C@H]3C(=O)N(c5cc(-c6sc7ccc(Cl)cc7c6C)nn5C)C(=O)[C@@]3(C)[C@H]4c3ccc(OCc4ccccc4)cc3O)C2=O)cc1. The number of thiophene rings is 1. The van der Waals surface area contributed by atoms with Crippen LogP contribution in [0.4, 0.5) is 11.5 Å². The van der Waals surface area contributed by atoms with E-state index in [9.17, 15) is 19.5 Å². The van der Waals surface area contributed by atoms with Crippen molar-refractivity contribution in [3.05, 3.63) is 136 Å². The summed E-state index contributed by atoms with van der Waals surface area (Å²) in [7, 11) is 1.70. The molecule has 2 aliphatic heterocycles. The number of imide groups is 2. The molecular weight excluding hydrogens is 824 g/mol. The first kappa shape index (κ1) is 39.7. The van der Waals surface area contributed by atoms with E-state index < -0.39 is 52.7 Å². The van der Waals surface area contributed by atoms with Crippen LogP contribution in [0.5, 0.6) is 11.5 Å². The van der Waals surface area contributed by atoms with Crippen molar-refractivity contribution in [3.63, 3.8) is 0 Å². The summed E-state index contributed by atoms with van der Waals surface area (Å²) in [5.41, 5.74) is 3.10. The summed E-state index contributed by atoms with van der Waals surface area (Å²) in [6.45, 7) is 5.50. The Morgan fingerprint density at radius 3 is 2.40 bits per heavy atom. The number of ketones is 1. The fourth-order valence-corrected chi connectivity index (χ4v) is 11.8. The maximum absolute atomic E-state index is 15.3. The van der Waals surface area contributed by atoms with Crippen LogP contribution in [-0.2, 0) is 32.8 Å². The van der Waals surface area contributed by atoms with Gasteiger partial charge in [-0.2, -0.15) is 5.10 Å². The molecule has 0 unspecified atom stereocenters. The van der Waals surface area contributed by atoms with Crippen LogP contribution < -0.4 is 14.5 Å². The molecule has 2 saturated heterocycles. The minimum atomic E-state index is -1.40. The quantitative estimate of drug-likeness (QED) is 0.0908. The first-order valence-corrected chi connectivity index (χ1v) is 21.8. The fraction of sp³-hybridized carbons (Fsp3) is 0.265. The van der Waals surface area contributed by atoms with Crippen molar-refractivity contribution in [2.45, 2.75) is 46.1 Å². The van der Waals surface area contributed by atoms with E-state index in [1.165, 1.54) is 22.8 Å². The highest BCUT2D eigenvalue weighted by molar-refractivity contribution is 7.22. The van der Waals surface area contributed by atoms with Crippen molar-refractivity contribution in [2.24, 2.45) is 36.1 Å². The van der Waals surface area contributed by atoms with E-state index in [0.717, 1.165) is 31.7 Å². The summed E-state index contributed by atoms with van der Waals surface area (Å²) >= 11 is 7.90. The zero-order chi connectivity index (χ0) is 43.4. The lowest BCUT2D eigenvalue weighted by molar-refractivity contribution is -0.131. The van der Waals surface area contributed by atoms with Crippen molar-refractivity contribution in [2.75, 3.05) is 9.80 Å². The Balaban J connectivity index is 1.06. The van der Waals surface area contributed by atoms with Crippen LogP contribution in [0.2, 0.25) is 5.02 Å².